The number of rotatable bonds is 7. The fraction of sp³-hybridized carbons (Fsp3) is 0.125. The lowest BCUT2D eigenvalue weighted by molar-refractivity contribution is -0.118. The summed E-state index contributed by atoms with van der Waals surface area (Å²) in [4.78, 5) is 16.6. The Morgan fingerprint density at radius 3 is 2.52 bits per heavy atom. The molecule has 0 atom stereocenters. The molecule has 0 aliphatic carbocycles. The Kier molecular flexibility index (Phi) is 5.93. The Morgan fingerprint density at radius 1 is 0.968 bits per heavy atom. The zero-order valence-electron chi connectivity index (χ0n) is 17.2. The molecule has 31 heavy (non-hydrogen) atoms. The molecule has 7 nitrogen and oxygen atoms in total. The standard InChI is InChI=1S/C24H21N3O4/c1-16-6-3-9-19(12-16)25-22(28)15-30-21-11-4-7-17(13-21)23-26-24(31-27-23)18-8-5-10-20(14-18)29-2/h3-14H,15H2,1-2H3,(H,25,28). The van der Waals surface area contributed by atoms with Gasteiger partial charge in [-0.15, -0.1) is 0 Å². The molecule has 1 amide bonds. The third-order valence-electron chi connectivity index (χ3n) is 4.51. The lowest BCUT2D eigenvalue weighted by Crippen LogP contribution is -2.20. The first-order valence-electron chi connectivity index (χ1n) is 9.68. The summed E-state index contributed by atoms with van der Waals surface area (Å²) in [6, 6.07) is 22.2. The highest BCUT2D eigenvalue weighted by Crippen LogP contribution is 2.26. The Labute approximate surface area is 179 Å². The van der Waals surface area contributed by atoms with Gasteiger partial charge < -0.3 is 19.3 Å². The average Bonchev–Trinajstić information content (AvgIpc) is 3.28. The molecule has 156 valence electrons. The first-order valence-corrected chi connectivity index (χ1v) is 9.68. The summed E-state index contributed by atoms with van der Waals surface area (Å²) >= 11 is 0. The van der Waals surface area contributed by atoms with Gasteiger partial charge in [0, 0.05) is 16.8 Å². The molecule has 0 aliphatic heterocycles. The van der Waals surface area contributed by atoms with Crippen LogP contribution in [0.3, 0.4) is 0 Å². The Balaban J connectivity index is 1.42. The van der Waals surface area contributed by atoms with E-state index in [4.69, 9.17) is 14.0 Å². The Hall–Kier alpha value is -4.13. The number of benzene rings is 3. The summed E-state index contributed by atoms with van der Waals surface area (Å²) in [6.45, 7) is 1.86. The molecular weight excluding hydrogens is 394 g/mol. The molecule has 1 aromatic heterocycles. The van der Waals surface area contributed by atoms with Gasteiger partial charge >= 0.3 is 0 Å². The number of nitrogens with zero attached hydrogens (tertiary/aromatic N) is 2. The second-order valence-electron chi connectivity index (χ2n) is 6.89. The van der Waals surface area contributed by atoms with Gasteiger partial charge in [-0.3, -0.25) is 4.79 Å². The van der Waals surface area contributed by atoms with Crippen molar-refractivity contribution in [3.8, 4) is 34.3 Å². The van der Waals surface area contributed by atoms with Crippen LogP contribution >= 0.6 is 0 Å². The number of ether oxygens (including phenoxy) is 2. The number of methoxy groups -OCH3 is 1. The highest BCUT2D eigenvalue weighted by Gasteiger charge is 2.12. The summed E-state index contributed by atoms with van der Waals surface area (Å²) in [5.74, 6) is 1.81. The van der Waals surface area contributed by atoms with E-state index in [1.807, 2.05) is 67.6 Å². The van der Waals surface area contributed by atoms with E-state index in [9.17, 15) is 4.79 Å². The molecule has 0 bridgehead atoms. The normalized spacial score (nSPS) is 10.5. The lowest BCUT2D eigenvalue weighted by Gasteiger charge is -2.08. The van der Waals surface area contributed by atoms with Gasteiger partial charge in [0.05, 0.1) is 7.11 Å². The number of aryl methyl sites for hydroxylation is 1. The number of aromatic nitrogens is 2. The van der Waals surface area contributed by atoms with Crippen molar-refractivity contribution in [3.63, 3.8) is 0 Å². The minimum atomic E-state index is -0.240. The number of nitrogens with one attached hydrogen (secondary N) is 1. The van der Waals surface area contributed by atoms with Crippen LogP contribution in [0.5, 0.6) is 11.5 Å². The first-order chi connectivity index (χ1) is 15.1. The van der Waals surface area contributed by atoms with Crippen molar-refractivity contribution in [1.82, 2.24) is 10.1 Å². The molecule has 4 rings (SSSR count). The van der Waals surface area contributed by atoms with Crippen molar-refractivity contribution >= 4 is 11.6 Å². The quantitative estimate of drug-likeness (QED) is 0.469. The number of carbonyl (C=O) groups excluding carboxylic acids is 1. The van der Waals surface area contributed by atoms with Gasteiger partial charge in [0.15, 0.2) is 6.61 Å². The van der Waals surface area contributed by atoms with Crippen LogP contribution in [0, 0.1) is 6.92 Å². The average molecular weight is 415 g/mol. The highest BCUT2D eigenvalue weighted by molar-refractivity contribution is 5.91. The van der Waals surface area contributed by atoms with E-state index in [0.717, 1.165) is 22.4 Å². The van der Waals surface area contributed by atoms with Crippen LogP contribution in [-0.4, -0.2) is 29.8 Å². The van der Waals surface area contributed by atoms with Gasteiger partial charge in [-0.05, 0) is 55.0 Å². The van der Waals surface area contributed by atoms with Gasteiger partial charge in [-0.25, -0.2) is 0 Å². The maximum atomic E-state index is 12.2. The maximum absolute atomic E-state index is 12.2. The SMILES string of the molecule is COc1cccc(-c2nc(-c3cccc(OCC(=O)Nc4cccc(C)c4)c3)no2)c1. The molecule has 0 saturated heterocycles. The summed E-state index contributed by atoms with van der Waals surface area (Å²) in [7, 11) is 1.60. The van der Waals surface area contributed by atoms with Crippen LogP contribution in [-0.2, 0) is 4.79 Å². The summed E-state index contributed by atoms with van der Waals surface area (Å²) in [5.41, 5.74) is 3.28. The molecule has 3 aromatic carbocycles. The van der Waals surface area contributed by atoms with Crippen LogP contribution in [0.25, 0.3) is 22.8 Å². The maximum Gasteiger partial charge on any atom is 0.262 e. The van der Waals surface area contributed by atoms with Crippen LogP contribution in [0.15, 0.2) is 77.3 Å². The molecule has 1 heterocycles. The van der Waals surface area contributed by atoms with Gasteiger partial charge in [-0.2, -0.15) is 4.98 Å². The van der Waals surface area contributed by atoms with Gasteiger partial charge in [0.25, 0.3) is 11.8 Å². The number of amides is 1. The van der Waals surface area contributed by atoms with Gasteiger partial charge in [0.1, 0.15) is 11.5 Å². The largest absolute Gasteiger partial charge is 0.497 e. The second kappa shape index (κ2) is 9.13. The fourth-order valence-electron chi connectivity index (χ4n) is 3.01. The number of anilines is 1. The van der Waals surface area contributed by atoms with Crippen molar-refractivity contribution in [1.29, 1.82) is 0 Å². The van der Waals surface area contributed by atoms with E-state index < -0.39 is 0 Å². The Bertz CT molecular complexity index is 1200. The van der Waals surface area contributed by atoms with Gasteiger partial charge in [0.2, 0.25) is 5.82 Å². The molecule has 1 N–H and O–H groups in total. The molecule has 0 saturated carbocycles. The molecule has 0 unspecified atom stereocenters. The second-order valence-corrected chi connectivity index (χ2v) is 6.89. The molecule has 0 radical (unpaired) electrons. The number of carbonyl (C=O) groups is 1. The summed E-state index contributed by atoms with van der Waals surface area (Å²) in [5, 5.41) is 6.87. The fourth-order valence-corrected chi connectivity index (χ4v) is 3.01. The van der Waals surface area contributed by atoms with Crippen molar-refractivity contribution in [2.75, 3.05) is 19.0 Å². The predicted octanol–water partition coefficient (Wildman–Crippen LogP) is 4.74. The third kappa shape index (κ3) is 5.08. The zero-order valence-corrected chi connectivity index (χ0v) is 17.2. The van der Waals surface area contributed by atoms with Crippen LogP contribution < -0.4 is 14.8 Å². The van der Waals surface area contributed by atoms with E-state index in [-0.39, 0.29) is 12.5 Å². The minimum Gasteiger partial charge on any atom is -0.497 e. The smallest absolute Gasteiger partial charge is 0.262 e. The highest BCUT2D eigenvalue weighted by atomic mass is 16.5. The molecule has 0 fully saturated rings. The molecule has 4 aromatic rings. The Morgan fingerprint density at radius 2 is 1.71 bits per heavy atom. The number of hydrogen-bond donors (Lipinski definition) is 1. The zero-order chi connectivity index (χ0) is 21.6. The molecule has 0 spiro atoms. The van der Waals surface area contributed by atoms with Crippen molar-refractivity contribution in [3.05, 3.63) is 78.4 Å². The first kappa shape index (κ1) is 20.2. The third-order valence-corrected chi connectivity index (χ3v) is 4.51. The van der Waals surface area contributed by atoms with Crippen molar-refractivity contribution < 1.29 is 18.8 Å². The van der Waals surface area contributed by atoms with Crippen LogP contribution in [0.4, 0.5) is 5.69 Å². The monoisotopic (exact) mass is 415 g/mol. The van der Waals surface area contributed by atoms with E-state index in [1.165, 1.54) is 0 Å². The molecular formula is C24H21N3O4. The number of hydrogen-bond acceptors (Lipinski definition) is 6. The van der Waals surface area contributed by atoms with Crippen LogP contribution in [0.2, 0.25) is 0 Å². The summed E-state index contributed by atoms with van der Waals surface area (Å²) < 4.78 is 16.3. The lowest BCUT2D eigenvalue weighted by atomic mass is 10.2. The van der Waals surface area contributed by atoms with Crippen molar-refractivity contribution in [2.24, 2.45) is 0 Å². The summed E-state index contributed by atoms with van der Waals surface area (Å²) in [6.07, 6.45) is 0. The van der Waals surface area contributed by atoms with Crippen LogP contribution in [0.1, 0.15) is 5.56 Å². The predicted molar refractivity (Wildman–Crippen MR) is 117 cm³/mol. The topological polar surface area (TPSA) is 86.5 Å². The van der Waals surface area contributed by atoms with Gasteiger partial charge in [-0.1, -0.05) is 35.5 Å². The van der Waals surface area contributed by atoms with E-state index in [1.54, 1.807) is 19.2 Å². The van der Waals surface area contributed by atoms with Crippen molar-refractivity contribution in [2.45, 2.75) is 6.92 Å². The van der Waals surface area contributed by atoms with E-state index >= 15 is 0 Å². The molecule has 0 aliphatic rings. The van der Waals surface area contributed by atoms with E-state index in [0.29, 0.717) is 23.2 Å². The van der Waals surface area contributed by atoms with E-state index in [2.05, 4.69) is 15.5 Å². The minimum absolute atomic E-state index is 0.112. The molecule has 7 heteroatoms.